The molecule has 0 spiro atoms. The van der Waals surface area contributed by atoms with Crippen LogP contribution in [0.5, 0.6) is 0 Å². The predicted octanol–water partition coefficient (Wildman–Crippen LogP) is 2.44. The Hall–Kier alpha value is -1.51. The molecule has 0 heterocycles. The molecule has 1 rings (SSSR count). The number of hydrogen-bond acceptors (Lipinski definition) is 3. The molecule has 0 saturated heterocycles. The zero-order valence-electron chi connectivity index (χ0n) is 13.5. The lowest BCUT2D eigenvalue weighted by Crippen LogP contribution is -2.33. The second-order valence-electron chi connectivity index (χ2n) is 5.89. The van der Waals surface area contributed by atoms with E-state index in [0.717, 1.165) is 11.1 Å². The summed E-state index contributed by atoms with van der Waals surface area (Å²) in [6.45, 7) is 6.47. The largest absolute Gasteiger partial charge is 0.444 e. The second-order valence-corrected chi connectivity index (χ2v) is 5.89. The van der Waals surface area contributed by atoms with E-state index < -0.39 is 5.60 Å². The van der Waals surface area contributed by atoms with Gasteiger partial charge in [-0.3, -0.25) is 0 Å². The molecule has 22 heavy (non-hydrogen) atoms. The van der Waals surface area contributed by atoms with Gasteiger partial charge < -0.3 is 21.1 Å². The molecule has 0 aliphatic carbocycles. The molecular formula is C15H25IN4O2. The van der Waals surface area contributed by atoms with Gasteiger partial charge in [0.1, 0.15) is 5.60 Å². The van der Waals surface area contributed by atoms with Crippen LogP contribution in [0.4, 0.5) is 4.79 Å². The standard InChI is InChI=1S/C15H24N4O2.HI/c1-15(2,3)21-14(20)19(4)10-12-7-5-11(6-8-12)9-18-13(16)17;/h5-8H,9-10H2,1-4H3,(H4,16,17,18);1H. The molecule has 1 amide bonds. The minimum absolute atomic E-state index is 0. The van der Waals surface area contributed by atoms with Crippen molar-refractivity contribution in [2.75, 3.05) is 7.05 Å². The van der Waals surface area contributed by atoms with Crippen molar-refractivity contribution in [3.8, 4) is 0 Å². The topological polar surface area (TPSA) is 93.9 Å². The Morgan fingerprint density at radius 2 is 1.68 bits per heavy atom. The van der Waals surface area contributed by atoms with Gasteiger partial charge in [0.05, 0.1) is 6.54 Å². The van der Waals surface area contributed by atoms with Crippen molar-refractivity contribution >= 4 is 36.0 Å². The minimum atomic E-state index is -0.491. The summed E-state index contributed by atoms with van der Waals surface area (Å²) in [6.07, 6.45) is -0.341. The van der Waals surface area contributed by atoms with Gasteiger partial charge in [-0.2, -0.15) is 0 Å². The number of ether oxygens (including phenoxy) is 1. The van der Waals surface area contributed by atoms with Crippen LogP contribution >= 0.6 is 24.0 Å². The molecule has 0 aromatic heterocycles. The molecular weight excluding hydrogens is 395 g/mol. The molecule has 0 atom stereocenters. The van der Waals surface area contributed by atoms with Crippen molar-refractivity contribution in [2.24, 2.45) is 16.5 Å². The molecule has 0 bridgehead atoms. The molecule has 0 radical (unpaired) electrons. The quantitative estimate of drug-likeness (QED) is 0.445. The Balaban J connectivity index is 0.00000441. The highest BCUT2D eigenvalue weighted by molar-refractivity contribution is 14.0. The lowest BCUT2D eigenvalue weighted by atomic mass is 10.1. The third kappa shape index (κ3) is 8.06. The number of amides is 1. The molecule has 124 valence electrons. The fourth-order valence-corrected chi connectivity index (χ4v) is 1.61. The van der Waals surface area contributed by atoms with Gasteiger partial charge in [-0.05, 0) is 31.9 Å². The summed E-state index contributed by atoms with van der Waals surface area (Å²) in [5.41, 5.74) is 12.1. The molecule has 0 fully saturated rings. The molecule has 1 aromatic carbocycles. The number of carbonyl (C=O) groups excluding carboxylic acids is 1. The summed E-state index contributed by atoms with van der Waals surface area (Å²) in [4.78, 5) is 17.3. The zero-order valence-corrected chi connectivity index (χ0v) is 15.8. The molecule has 1 aromatic rings. The first-order valence-electron chi connectivity index (χ1n) is 6.75. The smallest absolute Gasteiger partial charge is 0.410 e. The van der Waals surface area contributed by atoms with Gasteiger partial charge >= 0.3 is 6.09 Å². The first-order valence-corrected chi connectivity index (χ1v) is 6.75. The number of nitrogens with zero attached hydrogens (tertiary/aromatic N) is 2. The van der Waals surface area contributed by atoms with Crippen LogP contribution < -0.4 is 11.5 Å². The highest BCUT2D eigenvalue weighted by Crippen LogP contribution is 2.12. The average molecular weight is 420 g/mol. The Morgan fingerprint density at radius 3 is 2.14 bits per heavy atom. The molecule has 0 saturated carbocycles. The van der Waals surface area contributed by atoms with Crippen molar-refractivity contribution in [2.45, 2.75) is 39.5 Å². The number of carbonyl (C=O) groups is 1. The van der Waals surface area contributed by atoms with Gasteiger partial charge in [-0.15, -0.1) is 24.0 Å². The Labute approximate surface area is 148 Å². The first-order chi connectivity index (χ1) is 9.67. The van der Waals surface area contributed by atoms with Crippen molar-refractivity contribution in [1.82, 2.24) is 4.90 Å². The third-order valence-corrected chi connectivity index (χ3v) is 2.59. The normalized spacial score (nSPS) is 10.4. The third-order valence-electron chi connectivity index (χ3n) is 2.59. The fraction of sp³-hybridized carbons (Fsp3) is 0.467. The van der Waals surface area contributed by atoms with Crippen LogP contribution in [-0.2, 0) is 17.8 Å². The van der Waals surface area contributed by atoms with Crippen LogP contribution in [0.1, 0.15) is 31.9 Å². The Morgan fingerprint density at radius 1 is 1.18 bits per heavy atom. The first kappa shape index (κ1) is 20.5. The molecule has 4 N–H and O–H groups in total. The van der Waals surface area contributed by atoms with Gasteiger partial charge in [-0.1, -0.05) is 24.3 Å². The number of benzene rings is 1. The molecule has 0 aliphatic rings. The van der Waals surface area contributed by atoms with E-state index in [9.17, 15) is 4.79 Å². The van der Waals surface area contributed by atoms with Gasteiger partial charge in [0.15, 0.2) is 5.96 Å². The summed E-state index contributed by atoms with van der Waals surface area (Å²) in [5.74, 6) is 0.0729. The van der Waals surface area contributed by atoms with Crippen molar-refractivity contribution < 1.29 is 9.53 Å². The van der Waals surface area contributed by atoms with E-state index in [1.54, 1.807) is 7.05 Å². The van der Waals surface area contributed by atoms with Gasteiger partial charge in [-0.25, -0.2) is 9.79 Å². The SMILES string of the molecule is CN(Cc1ccc(CN=C(N)N)cc1)C(=O)OC(C)(C)C.I. The highest BCUT2D eigenvalue weighted by atomic mass is 127. The van der Waals surface area contributed by atoms with Crippen LogP contribution in [0.2, 0.25) is 0 Å². The van der Waals surface area contributed by atoms with Gasteiger partial charge in [0.25, 0.3) is 0 Å². The molecule has 0 aliphatic heterocycles. The fourth-order valence-electron chi connectivity index (χ4n) is 1.61. The summed E-state index contributed by atoms with van der Waals surface area (Å²) < 4.78 is 5.30. The lowest BCUT2D eigenvalue weighted by molar-refractivity contribution is 0.0285. The minimum Gasteiger partial charge on any atom is -0.444 e. The van der Waals surface area contributed by atoms with E-state index in [0.29, 0.717) is 13.1 Å². The second kappa shape index (κ2) is 8.82. The number of aliphatic imine (C=N–C) groups is 1. The number of guanidine groups is 1. The van der Waals surface area contributed by atoms with Crippen molar-refractivity contribution in [1.29, 1.82) is 0 Å². The Kier molecular flexibility index (Phi) is 8.21. The predicted molar refractivity (Wildman–Crippen MR) is 99.1 cm³/mol. The van der Waals surface area contributed by atoms with Crippen molar-refractivity contribution in [3.63, 3.8) is 0 Å². The monoisotopic (exact) mass is 420 g/mol. The van der Waals surface area contributed by atoms with E-state index in [2.05, 4.69) is 4.99 Å². The van der Waals surface area contributed by atoms with E-state index in [-0.39, 0.29) is 36.0 Å². The number of nitrogens with two attached hydrogens (primary N) is 2. The summed E-state index contributed by atoms with van der Waals surface area (Å²) >= 11 is 0. The van der Waals surface area contributed by atoms with E-state index >= 15 is 0 Å². The van der Waals surface area contributed by atoms with Crippen LogP contribution in [0.25, 0.3) is 0 Å². The highest BCUT2D eigenvalue weighted by Gasteiger charge is 2.19. The van der Waals surface area contributed by atoms with Crippen LogP contribution in [0, 0.1) is 0 Å². The van der Waals surface area contributed by atoms with E-state index in [1.165, 1.54) is 4.90 Å². The summed E-state index contributed by atoms with van der Waals surface area (Å²) in [7, 11) is 1.71. The lowest BCUT2D eigenvalue weighted by Gasteiger charge is -2.24. The summed E-state index contributed by atoms with van der Waals surface area (Å²) in [5, 5.41) is 0. The maximum absolute atomic E-state index is 11.9. The Bertz CT molecular complexity index is 505. The van der Waals surface area contributed by atoms with Gasteiger partial charge in [0.2, 0.25) is 0 Å². The number of rotatable bonds is 4. The zero-order chi connectivity index (χ0) is 16.0. The maximum atomic E-state index is 11.9. The van der Waals surface area contributed by atoms with Crippen LogP contribution in [-0.4, -0.2) is 29.6 Å². The maximum Gasteiger partial charge on any atom is 0.410 e. The molecule has 0 unspecified atom stereocenters. The van der Waals surface area contributed by atoms with E-state index in [1.807, 2.05) is 45.0 Å². The van der Waals surface area contributed by atoms with Gasteiger partial charge in [0, 0.05) is 13.6 Å². The van der Waals surface area contributed by atoms with Crippen LogP contribution in [0.15, 0.2) is 29.3 Å². The number of hydrogen-bond donors (Lipinski definition) is 2. The molecule has 6 nitrogen and oxygen atoms in total. The number of halogens is 1. The summed E-state index contributed by atoms with van der Waals surface area (Å²) in [6, 6.07) is 7.76. The molecule has 7 heteroatoms. The van der Waals surface area contributed by atoms with E-state index in [4.69, 9.17) is 16.2 Å². The average Bonchev–Trinajstić information content (AvgIpc) is 2.35. The van der Waals surface area contributed by atoms with Crippen LogP contribution in [0.3, 0.4) is 0 Å². The van der Waals surface area contributed by atoms with Crippen molar-refractivity contribution in [3.05, 3.63) is 35.4 Å².